The zero-order valence-electron chi connectivity index (χ0n) is 18.8. The summed E-state index contributed by atoms with van der Waals surface area (Å²) < 4.78 is 24.9. The van der Waals surface area contributed by atoms with Crippen molar-refractivity contribution in [1.82, 2.24) is 4.90 Å². The molecule has 1 heterocycles. The molecule has 0 bridgehead atoms. The normalized spacial score (nSPS) is 18.5. The van der Waals surface area contributed by atoms with Crippen molar-refractivity contribution in [2.24, 2.45) is 0 Å². The van der Waals surface area contributed by atoms with E-state index >= 15 is 0 Å². The molecule has 1 aliphatic heterocycles. The standard InChI is InChI=1S/C25H33N3O3S/c1-20-7-13-24(14-8-20)32(30,31)19-25(29)26-21-9-11-23(12-10-21)28-17-15-27(16-18-28)22-5-3-2-4-6-22/h7-14,22H,2-6,15-19H2,1H3,(H,26,29). The predicted octanol–water partition coefficient (Wildman–Crippen LogP) is 3.86. The van der Waals surface area contributed by atoms with E-state index in [9.17, 15) is 13.2 Å². The van der Waals surface area contributed by atoms with Crippen LogP contribution < -0.4 is 10.2 Å². The lowest BCUT2D eigenvalue weighted by molar-refractivity contribution is -0.113. The predicted molar refractivity (Wildman–Crippen MR) is 129 cm³/mol. The molecule has 0 atom stereocenters. The molecule has 2 aromatic carbocycles. The maximum Gasteiger partial charge on any atom is 0.239 e. The highest BCUT2D eigenvalue weighted by Gasteiger charge is 2.25. The van der Waals surface area contributed by atoms with Gasteiger partial charge in [-0.25, -0.2) is 8.42 Å². The minimum Gasteiger partial charge on any atom is -0.369 e. The van der Waals surface area contributed by atoms with Gasteiger partial charge >= 0.3 is 0 Å². The molecule has 0 aromatic heterocycles. The van der Waals surface area contributed by atoms with E-state index in [-0.39, 0.29) is 4.90 Å². The van der Waals surface area contributed by atoms with Gasteiger partial charge in [-0.3, -0.25) is 9.69 Å². The first-order valence-electron chi connectivity index (χ1n) is 11.6. The van der Waals surface area contributed by atoms with Gasteiger partial charge < -0.3 is 10.2 Å². The van der Waals surface area contributed by atoms with Crippen molar-refractivity contribution in [3.63, 3.8) is 0 Å². The molecule has 2 aromatic rings. The Balaban J connectivity index is 1.29. The average molecular weight is 456 g/mol. The van der Waals surface area contributed by atoms with Crippen LogP contribution in [0.15, 0.2) is 53.4 Å². The van der Waals surface area contributed by atoms with Crippen molar-refractivity contribution in [2.75, 3.05) is 42.1 Å². The molecule has 172 valence electrons. The monoisotopic (exact) mass is 455 g/mol. The SMILES string of the molecule is Cc1ccc(S(=O)(=O)CC(=O)Nc2ccc(N3CCN(C4CCCCC4)CC3)cc2)cc1. The second kappa shape index (κ2) is 10.0. The minimum atomic E-state index is -3.66. The fourth-order valence-corrected chi connectivity index (χ4v) is 5.88. The third kappa shape index (κ3) is 5.70. The zero-order chi connectivity index (χ0) is 22.6. The van der Waals surface area contributed by atoms with E-state index in [2.05, 4.69) is 15.1 Å². The fraction of sp³-hybridized carbons (Fsp3) is 0.480. The molecule has 7 heteroatoms. The van der Waals surface area contributed by atoms with E-state index in [1.54, 1.807) is 24.3 Å². The highest BCUT2D eigenvalue weighted by Crippen LogP contribution is 2.25. The van der Waals surface area contributed by atoms with Gasteiger partial charge in [-0.05, 0) is 56.2 Å². The number of carbonyl (C=O) groups excluding carboxylic acids is 1. The van der Waals surface area contributed by atoms with Gasteiger partial charge in [0.25, 0.3) is 0 Å². The van der Waals surface area contributed by atoms with Gasteiger partial charge in [0, 0.05) is 43.6 Å². The van der Waals surface area contributed by atoms with Crippen molar-refractivity contribution in [1.29, 1.82) is 0 Å². The number of hydrogen-bond donors (Lipinski definition) is 1. The third-order valence-corrected chi connectivity index (χ3v) is 8.26. The number of rotatable bonds is 6. The van der Waals surface area contributed by atoms with Crippen molar-refractivity contribution >= 4 is 27.1 Å². The molecule has 6 nitrogen and oxygen atoms in total. The molecule has 1 amide bonds. The summed E-state index contributed by atoms with van der Waals surface area (Å²) in [5.74, 6) is -1.10. The molecule has 0 spiro atoms. The highest BCUT2D eigenvalue weighted by atomic mass is 32.2. The quantitative estimate of drug-likeness (QED) is 0.716. The fourth-order valence-electron chi connectivity index (χ4n) is 4.75. The molecule has 2 fully saturated rings. The second-order valence-corrected chi connectivity index (χ2v) is 11.0. The lowest BCUT2D eigenvalue weighted by Gasteiger charge is -2.41. The van der Waals surface area contributed by atoms with E-state index in [0.29, 0.717) is 5.69 Å². The van der Waals surface area contributed by atoms with Crippen LogP contribution in [0.4, 0.5) is 11.4 Å². The van der Waals surface area contributed by atoms with Gasteiger partial charge in [0.15, 0.2) is 9.84 Å². The summed E-state index contributed by atoms with van der Waals surface area (Å²) in [7, 11) is -3.66. The maximum absolute atomic E-state index is 12.5. The molecule has 32 heavy (non-hydrogen) atoms. The number of anilines is 2. The first-order valence-corrected chi connectivity index (χ1v) is 13.2. The molecule has 1 saturated heterocycles. The van der Waals surface area contributed by atoms with Gasteiger partial charge in [-0.1, -0.05) is 37.0 Å². The van der Waals surface area contributed by atoms with Crippen molar-refractivity contribution in [3.8, 4) is 0 Å². The van der Waals surface area contributed by atoms with Crippen LogP contribution in [0.5, 0.6) is 0 Å². The van der Waals surface area contributed by atoms with Gasteiger partial charge in [0.1, 0.15) is 5.75 Å². The molecular weight excluding hydrogens is 422 g/mol. The molecule has 1 aliphatic carbocycles. The van der Waals surface area contributed by atoms with E-state index in [1.807, 2.05) is 31.2 Å². The summed E-state index contributed by atoms with van der Waals surface area (Å²) in [5, 5.41) is 2.71. The molecule has 4 rings (SSSR count). The highest BCUT2D eigenvalue weighted by molar-refractivity contribution is 7.92. The van der Waals surface area contributed by atoms with E-state index in [0.717, 1.165) is 43.5 Å². The Labute approximate surface area is 191 Å². The maximum atomic E-state index is 12.5. The van der Waals surface area contributed by atoms with Crippen LogP contribution in [0.2, 0.25) is 0 Å². The van der Waals surface area contributed by atoms with Crippen molar-refractivity contribution in [3.05, 3.63) is 54.1 Å². The van der Waals surface area contributed by atoms with Crippen LogP contribution in [-0.4, -0.2) is 57.2 Å². The van der Waals surface area contributed by atoms with Crippen LogP contribution >= 0.6 is 0 Å². The first kappa shape index (κ1) is 22.8. The van der Waals surface area contributed by atoms with Gasteiger partial charge in [-0.2, -0.15) is 0 Å². The van der Waals surface area contributed by atoms with Crippen LogP contribution in [0.1, 0.15) is 37.7 Å². The Hall–Kier alpha value is -2.38. The Morgan fingerprint density at radius 2 is 1.53 bits per heavy atom. The topological polar surface area (TPSA) is 69.7 Å². The van der Waals surface area contributed by atoms with E-state index < -0.39 is 21.5 Å². The van der Waals surface area contributed by atoms with Crippen LogP contribution in [0.3, 0.4) is 0 Å². The summed E-state index contributed by atoms with van der Waals surface area (Å²) in [6, 6.07) is 15.0. The number of hydrogen-bond acceptors (Lipinski definition) is 5. The lowest BCUT2D eigenvalue weighted by Crippen LogP contribution is -2.50. The lowest BCUT2D eigenvalue weighted by atomic mass is 9.94. The molecule has 2 aliphatic rings. The van der Waals surface area contributed by atoms with Crippen LogP contribution in [-0.2, 0) is 14.6 Å². The largest absolute Gasteiger partial charge is 0.369 e. The van der Waals surface area contributed by atoms with Crippen LogP contribution in [0, 0.1) is 6.92 Å². The molecular formula is C25H33N3O3S. The number of sulfone groups is 1. The Morgan fingerprint density at radius 1 is 0.906 bits per heavy atom. The smallest absolute Gasteiger partial charge is 0.239 e. The van der Waals surface area contributed by atoms with Gasteiger partial charge in [0.05, 0.1) is 4.90 Å². The van der Waals surface area contributed by atoms with E-state index in [1.165, 1.54) is 32.1 Å². The second-order valence-electron chi connectivity index (χ2n) is 8.98. The molecule has 1 N–H and O–H groups in total. The summed E-state index contributed by atoms with van der Waals surface area (Å²) in [4.78, 5) is 17.5. The number of benzene rings is 2. The van der Waals surface area contributed by atoms with Crippen LogP contribution in [0.25, 0.3) is 0 Å². The summed E-state index contributed by atoms with van der Waals surface area (Å²) in [5.41, 5.74) is 2.72. The number of piperazine rings is 1. The average Bonchev–Trinajstić information content (AvgIpc) is 2.80. The Morgan fingerprint density at radius 3 is 2.16 bits per heavy atom. The Kier molecular flexibility index (Phi) is 7.16. The number of carbonyl (C=O) groups is 1. The minimum absolute atomic E-state index is 0.168. The zero-order valence-corrected chi connectivity index (χ0v) is 19.6. The number of nitrogens with zero attached hydrogens (tertiary/aromatic N) is 2. The molecule has 0 radical (unpaired) electrons. The third-order valence-electron chi connectivity index (χ3n) is 6.62. The molecule has 1 saturated carbocycles. The number of aryl methyl sites for hydroxylation is 1. The number of amides is 1. The first-order chi connectivity index (χ1) is 15.4. The Bertz CT molecular complexity index is 1010. The summed E-state index contributed by atoms with van der Waals surface area (Å²) >= 11 is 0. The number of nitrogens with one attached hydrogen (secondary N) is 1. The van der Waals surface area contributed by atoms with Crippen molar-refractivity contribution in [2.45, 2.75) is 50.0 Å². The molecule has 0 unspecified atom stereocenters. The van der Waals surface area contributed by atoms with E-state index in [4.69, 9.17) is 0 Å². The summed E-state index contributed by atoms with van der Waals surface area (Å²) in [6.45, 7) is 6.11. The van der Waals surface area contributed by atoms with Gasteiger partial charge in [-0.15, -0.1) is 0 Å². The summed E-state index contributed by atoms with van der Waals surface area (Å²) in [6.07, 6.45) is 6.80. The van der Waals surface area contributed by atoms with Crippen molar-refractivity contribution < 1.29 is 13.2 Å². The van der Waals surface area contributed by atoms with Gasteiger partial charge in [0.2, 0.25) is 5.91 Å².